The molecular weight excluding hydrogens is 248 g/mol. The zero-order valence-electron chi connectivity index (χ0n) is 11.4. The van der Waals surface area contributed by atoms with E-state index in [1.165, 1.54) is 24.1 Å². The molecule has 3 nitrogen and oxygen atoms in total. The molecule has 102 valence electrons. The Hall–Kier alpha value is -2.29. The van der Waals surface area contributed by atoms with E-state index in [0.717, 1.165) is 17.8 Å². The predicted molar refractivity (Wildman–Crippen MR) is 82.0 cm³/mol. The Morgan fingerprint density at radius 1 is 0.850 bits per heavy atom. The molecule has 2 aliphatic heterocycles. The van der Waals surface area contributed by atoms with Gasteiger partial charge in [-0.15, -0.1) is 0 Å². The largest absolute Gasteiger partial charge is 0.385 e. The average Bonchev–Trinajstić information content (AvgIpc) is 2.88. The van der Waals surface area contributed by atoms with Crippen molar-refractivity contribution in [2.75, 3.05) is 17.2 Å². The van der Waals surface area contributed by atoms with Gasteiger partial charge < -0.3 is 10.6 Å². The van der Waals surface area contributed by atoms with Crippen LogP contribution in [0.5, 0.6) is 0 Å². The molecule has 0 bridgehead atoms. The molecule has 3 heteroatoms. The average molecular weight is 266 g/mol. The van der Waals surface area contributed by atoms with Gasteiger partial charge in [0.15, 0.2) is 0 Å². The maximum Gasteiger partial charge on any atom is 0.228 e. The summed E-state index contributed by atoms with van der Waals surface area (Å²) >= 11 is 0. The Morgan fingerprint density at radius 3 is 2.30 bits per heavy atom. The van der Waals surface area contributed by atoms with Crippen LogP contribution in [0.25, 0.3) is 0 Å². The number of fused-ring (bicyclic) bond motifs is 2. The molecule has 0 unspecified atom stereocenters. The molecule has 2 aromatic carbocycles. The summed E-state index contributed by atoms with van der Waals surface area (Å²) in [4.78, 5) is 10.8. The van der Waals surface area contributed by atoms with Gasteiger partial charge in [-0.25, -0.2) is 0 Å². The minimum Gasteiger partial charge on any atom is -0.385 e. The molecule has 0 aromatic heterocycles. The lowest BCUT2D eigenvalue weighted by Crippen LogP contribution is -2.10. The second-order valence-electron chi connectivity index (χ2n) is 5.07. The number of benzene rings is 2. The van der Waals surface area contributed by atoms with Crippen LogP contribution in [0.4, 0.5) is 11.4 Å². The van der Waals surface area contributed by atoms with Crippen molar-refractivity contribution in [3.8, 4) is 0 Å². The van der Waals surface area contributed by atoms with Gasteiger partial charge in [0.1, 0.15) is 0 Å². The number of amides is 1. The molecule has 0 saturated heterocycles. The van der Waals surface area contributed by atoms with Crippen LogP contribution < -0.4 is 10.6 Å². The van der Waals surface area contributed by atoms with Crippen LogP contribution in [0, 0.1) is 0 Å². The van der Waals surface area contributed by atoms with E-state index in [9.17, 15) is 4.79 Å². The van der Waals surface area contributed by atoms with Gasteiger partial charge in [0, 0.05) is 17.9 Å². The highest BCUT2D eigenvalue weighted by molar-refractivity contribution is 5.98. The van der Waals surface area contributed by atoms with Crippen LogP contribution in [0.2, 0.25) is 0 Å². The van der Waals surface area contributed by atoms with Crippen LogP contribution in [0.3, 0.4) is 0 Å². The summed E-state index contributed by atoms with van der Waals surface area (Å²) in [5.74, 6) is 0.0983. The number of carbonyl (C=O) groups is 1. The van der Waals surface area contributed by atoms with Crippen molar-refractivity contribution in [2.24, 2.45) is 0 Å². The molecule has 0 aliphatic carbocycles. The maximum absolute atomic E-state index is 10.8. The lowest BCUT2D eigenvalue weighted by molar-refractivity contribution is -0.115. The zero-order chi connectivity index (χ0) is 13.8. The number of hydrogen-bond acceptors (Lipinski definition) is 2. The van der Waals surface area contributed by atoms with E-state index in [1.54, 1.807) is 0 Å². The summed E-state index contributed by atoms with van der Waals surface area (Å²) in [6, 6.07) is 16.3. The van der Waals surface area contributed by atoms with Crippen LogP contribution in [0.15, 0.2) is 48.5 Å². The van der Waals surface area contributed by atoms with Gasteiger partial charge in [-0.1, -0.05) is 36.4 Å². The Bertz CT molecular complexity index is 570. The van der Waals surface area contributed by atoms with Gasteiger partial charge in [0.2, 0.25) is 5.91 Å². The second kappa shape index (κ2) is 5.78. The highest BCUT2D eigenvalue weighted by atomic mass is 16.1. The Kier molecular flexibility index (Phi) is 3.68. The van der Waals surface area contributed by atoms with Gasteiger partial charge >= 0.3 is 0 Å². The third-order valence-corrected chi connectivity index (χ3v) is 3.60. The van der Waals surface area contributed by atoms with Gasteiger partial charge in [0.05, 0.1) is 6.42 Å². The van der Waals surface area contributed by atoms with Gasteiger partial charge in [-0.3, -0.25) is 4.79 Å². The summed E-state index contributed by atoms with van der Waals surface area (Å²) < 4.78 is 0. The van der Waals surface area contributed by atoms with Crippen LogP contribution in [-0.2, 0) is 17.6 Å². The standard InChI is InChI=1S/C9H11N.C8H7NO/c1-2-6-9-8(4-1)5-3-7-10-9;10-8-5-6-3-1-2-4-7(6)9-8/h1-2,4,6,10H,3,5,7H2;1-4H,5H2,(H,9,10). The molecule has 0 spiro atoms. The van der Waals surface area contributed by atoms with Gasteiger partial charge in [-0.2, -0.15) is 0 Å². The minimum atomic E-state index is 0.0983. The lowest BCUT2D eigenvalue weighted by atomic mass is 10.0. The Balaban J connectivity index is 0.000000121. The Morgan fingerprint density at radius 2 is 1.55 bits per heavy atom. The molecule has 2 heterocycles. The number of aryl methyl sites for hydroxylation is 1. The molecule has 0 atom stereocenters. The monoisotopic (exact) mass is 266 g/mol. The molecule has 2 aliphatic rings. The summed E-state index contributed by atoms with van der Waals surface area (Å²) in [5, 5.41) is 6.12. The Labute approximate surface area is 119 Å². The first-order valence-electron chi connectivity index (χ1n) is 7.02. The molecule has 0 fully saturated rings. The summed E-state index contributed by atoms with van der Waals surface area (Å²) in [7, 11) is 0. The molecule has 2 N–H and O–H groups in total. The lowest BCUT2D eigenvalue weighted by Gasteiger charge is -2.16. The third-order valence-electron chi connectivity index (χ3n) is 3.60. The first kappa shape index (κ1) is 12.7. The molecule has 0 radical (unpaired) electrons. The molecule has 2 aromatic rings. The van der Waals surface area contributed by atoms with E-state index in [1.807, 2.05) is 24.3 Å². The first-order chi connectivity index (χ1) is 9.83. The smallest absolute Gasteiger partial charge is 0.228 e. The van der Waals surface area contributed by atoms with Crippen LogP contribution >= 0.6 is 0 Å². The van der Waals surface area contributed by atoms with Crippen molar-refractivity contribution in [3.63, 3.8) is 0 Å². The van der Waals surface area contributed by atoms with Crippen molar-refractivity contribution >= 4 is 17.3 Å². The number of rotatable bonds is 0. The van der Waals surface area contributed by atoms with Crippen LogP contribution in [0.1, 0.15) is 17.5 Å². The van der Waals surface area contributed by atoms with E-state index >= 15 is 0 Å². The highest BCUT2D eigenvalue weighted by Gasteiger charge is 2.15. The molecule has 20 heavy (non-hydrogen) atoms. The quantitative estimate of drug-likeness (QED) is 0.768. The van der Waals surface area contributed by atoms with Crippen molar-refractivity contribution in [3.05, 3.63) is 59.7 Å². The fourth-order valence-corrected chi connectivity index (χ4v) is 2.58. The summed E-state index contributed by atoms with van der Waals surface area (Å²) in [6.07, 6.45) is 3.05. The highest BCUT2D eigenvalue weighted by Crippen LogP contribution is 2.21. The van der Waals surface area contributed by atoms with E-state index < -0.39 is 0 Å². The van der Waals surface area contributed by atoms with Crippen molar-refractivity contribution in [1.82, 2.24) is 0 Å². The number of hydrogen-bond donors (Lipinski definition) is 2. The number of anilines is 2. The molecular formula is C17H18N2O. The van der Waals surface area contributed by atoms with Gasteiger partial charge in [0.25, 0.3) is 0 Å². The fraction of sp³-hybridized carbons (Fsp3) is 0.235. The second-order valence-corrected chi connectivity index (χ2v) is 5.07. The summed E-state index contributed by atoms with van der Waals surface area (Å²) in [5.41, 5.74) is 4.86. The predicted octanol–water partition coefficient (Wildman–Crippen LogP) is 3.23. The van der Waals surface area contributed by atoms with E-state index in [0.29, 0.717) is 6.42 Å². The SMILES string of the molecule is O=C1Cc2ccccc2N1.c1ccc2c(c1)CCCN2. The van der Waals surface area contributed by atoms with E-state index in [4.69, 9.17) is 0 Å². The third kappa shape index (κ3) is 2.82. The number of carbonyl (C=O) groups excluding carboxylic acids is 1. The van der Waals surface area contributed by atoms with Crippen molar-refractivity contribution in [2.45, 2.75) is 19.3 Å². The van der Waals surface area contributed by atoms with E-state index in [2.05, 4.69) is 34.9 Å². The van der Waals surface area contributed by atoms with Crippen molar-refractivity contribution in [1.29, 1.82) is 0 Å². The first-order valence-corrected chi connectivity index (χ1v) is 7.02. The number of nitrogens with one attached hydrogen (secondary N) is 2. The normalized spacial score (nSPS) is 15.1. The number of para-hydroxylation sites is 2. The summed E-state index contributed by atoms with van der Waals surface area (Å²) in [6.45, 7) is 1.14. The van der Waals surface area contributed by atoms with E-state index in [-0.39, 0.29) is 5.91 Å². The topological polar surface area (TPSA) is 41.1 Å². The minimum absolute atomic E-state index is 0.0983. The fourth-order valence-electron chi connectivity index (χ4n) is 2.58. The molecule has 0 saturated carbocycles. The molecule has 1 amide bonds. The zero-order valence-corrected chi connectivity index (χ0v) is 11.4. The van der Waals surface area contributed by atoms with Gasteiger partial charge in [-0.05, 0) is 36.1 Å². The maximum atomic E-state index is 10.8. The molecule has 4 rings (SSSR count). The van der Waals surface area contributed by atoms with Crippen LogP contribution in [-0.4, -0.2) is 12.5 Å². The van der Waals surface area contributed by atoms with Crippen molar-refractivity contribution < 1.29 is 4.79 Å².